The molecule has 0 spiro atoms. The number of hydrogen-bond acceptors (Lipinski definition) is 3. The summed E-state index contributed by atoms with van der Waals surface area (Å²) in [6.07, 6.45) is 1.69. The molecule has 1 atom stereocenters. The van der Waals surface area contributed by atoms with Gasteiger partial charge in [0.05, 0.1) is 23.6 Å². The van der Waals surface area contributed by atoms with Gasteiger partial charge in [-0.2, -0.15) is 0 Å². The number of hydrogen-bond donors (Lipinski definition) is 1. The second kappa shape index (κ2) is 6.84. The van der Waals surface area contributed by atoms with Crippen molar-refractivity contribution in [2.45, 2.75) is 19.9 Å². The van der Waals surface area contributed by atoms with E-state index in [1.807, 2.05) is 50.2 Å². The highest BCUT2D eigenvalue weighted by atomic mass is 35.5. The first kappa shape index (κ1) is 16.2. The van der Waals surface area contributed by atoms with Gasteiger partial charge in [0.15, 0.2) is 0 Å². The number of carbonyl (C=O) groups excluding carboxylic acids is 1. The third-order valence-corrected chi connectivity index (χ3v) is 4.06. The predicted molar refractivity (Wildman–Crippen MR) is 93.4 cm³/mol. The number of amides is 1. The molecule has 24 heavy (non-hydrogen) atoms. The summed E-state index contributed by atoms with van der Waals surface area (Å²) in [6, 6.07) is 14.6. The van der Waals surface area contributed by atoms with Crippen molar-refractivity contribution in [2.75, 3.05) is 0 Å². The average molecular weight is 341 g/mol. The zero-order valence-electron chi connectivity index (χ0n) is 13.4. The van der Waals surface area contributed by atoms with Crippen LogP contribution in [0.15, 0.2) is 54.7 Å². The Morgan fingerprint density at radius 2 is 1.79 bits per heavy atom. The molecule has 0 aliphatic heterocycles. The lowest BCUT2D eigenvalue weighted by atomic mass is 10.1. The summed E-state index contributed by atoms with van der Waals surface area (Å²) in [4.78, 5) is 12.4. The van der Waals surface area contributed by atoms with E-state index in [0.29, 0.717) is 10.6 Å². The van der Waals surface area contributed by atoms with Crippen molar-refractivity contribution in [1.82, 2.24) is 20.3 Å². The summed E-state index contributed by atoms with van der Waals surface area (Å²) < 4.78 is 1.72. The van der Waals surface area contributed by atoms with E-state index in [0.717, 1.165) is 16.9 Å². The SMILES string of the molecule is Cc1cnnn1-c1ccc(C(=O)NC(C)c2ccc(Cl)cc2)cc1. The summed E-state index contributed by atoms with van der Waals surface area (Å²) >= 11 is 5.89. The summed E-state index contributed by atoms with van der Waals surface area (Å²) in [5.41, 5.74) is 3.40. The van der Waals surface area contributed by atoms with Crippen molar-refractivity contribution in [3.8, 4) is 5.69 Å². The Labute approximate surface area is 145 Å². The van der Waals surface area contributed by atoms with Gasteiger partial charge in [0.1, 0.15) is 0 Å². The lowest BCUT2D eigenvalue weighted by Gasteiger charge is -2.14. The van der Waals surface area contributed by atoms with Gasteiger partial charge >= 0.3 is 0 Å². The number of halogens is 1. The fourth-order valence-corrected chi connectivity index (χ4v) is 2.54. The number of nitrogens with one attached hydrogen (secondary N) is 1. The third kappa shape index (κ3) is 3.46. The zero-order valence-corrected chi connectivity index (χ0v) is 14.2. The molecule has 1 aromatic heterocycles. The summed E-state index contributed by atoms with van der Waals surface area (Å²) in [5.74, 6) is -0.126. The Morgan fingerprint density at radius 3 is 2.38 bits per heavy atom. The van der Waals surface area contributed by atoms with Crippen LogP contribution in [0.3, 0.4) is 0 Å². The molecule has 0 bridgehead atoms. The Balaban J connectivity index is 1.71. The first-order valence-corrected chi connectivity index (χ1v) is 7.96. The summed E-state index contributed by atoms with van der Waals surface area (Å²) in [6.45, 7) is 3.86. The van der Waals surface area contributed by atoms with Gasteiger partial charge in [0.25, 0.3) is 5.91 Å². The Hall–Kier alpha value is -2.66. The van der Waals surface area contributed by atoms with Crippen LogP contribution in [0.25, 0.3) is 5.69 Å². The number of aromatic nitrogens is 3. The monoisotopic (exact) mass is 340 g/mol. The second-order valence-corrected chi connectivity index (χ2v) is 6.02. The fourth-order valence-electron chi connectivity index (χ4n) is 2.41. The molecule has 6 heteroatoms. The van der Waals surface area contributed by atoms with Crippen LogP contribution in [0.5, 0.6) is 0 Å². The minimum Gasteiger partial charge on any atom is -0.346 e. The molecule has 3 aromatic rings. The molecular weight excluding hydrogens is 324 g/mol. The van der Waals surface area contributed by atoms with E-state index >= 15 is 0 Å². The molecule has 3 rings (SSSR count). The Kier molecular flexibility index (Phi) is 4.62. The van der Waals surface area contributed by atoms with Crippen LogP contribution in [0.4, 0.5) is 0 Å². The molecule has 5 nitrogen and oxygen atoms in total. The first-order valence-electron chi connectivity index (χ1n) is 7.58. The molecule has 0 aliphatic rings. The van der Waals surface area contributed by atoms with Crippen LogP contribution in [0, 0.1) is 6.92 Å². The van der Waals surface area contributed by atoms with Crippen molar-refractivity contribution in [3.05, 3.63) is 76.6 Å². The van der Waals surface area contributed by atoms with E-state index in [9.17, 15) is 4.79 Å². The lowest BCUT2D eigenvalue weighted by Crippen LogP contribution is -2.26. The van der Waals surface area contributed by atoms with Crippen molar-refractivity contribution in [1.29, 1.82) is 0 Å². The topological polar surface area (TPSA) is 59.8 Å². The number of nitrogens with zero attached hydrogens (tertiary/aromatic N) is 3. The normalized spacial score (nSPS) is 12.0. The molecule has 1 unspecified atom stereocenters. The maximum Gasteiger partial charge on any atom is 0.251 e. The summed E-state index contributed by atoms with van der Waals surface area (Å²) in [5, 5.41) is 11.5. The molecule has 0 aliphatic carbocycles. The number of rotatable bonds is 4. The largest absolute Gasteiger partial charge is 0.346 e. The second-order valence-electron chi connectivity index (χ2n) is 5.58. The Bertz CT molecular complexity index is 840. The van der Waals surface area contributed by atoms with Crippen molar-refractivity contribution in [3.63, 3.8) is 0 Å². The minimum atomic E-state index is -0.126. The van der Waals surface area contributed by atoms with Gasteiger partial charge in [0.2, 0.25) is 0 Å². The van der Waals surface area contributed by atoms with E-state index in [2.05, 4.69) is 15.6 Å². The van der Waals surface area contributed by atoms with Gasteiger partial charge in [-0.3, -0.25) is 4.79 Å². The minimum absolute atomic E-state index is 0.105. The van der Waals surface area contributed by atoms with E-state index in [1.54, 1.807) is 23.0 Å². The fraction of sp³-hybridized carbons (Fsp3) is 0.167. The Morgan fingerprint density at radius 1 is 1.12 bits per heavy atom. The maximum atomic E-state index is 12.4. The van der Waals surface area contributed by atoms with Crippen molar-refractivity contribution >= 4 is 17.5 Å². The van der Waals surface area contributed by atoms with Gasteiger partial charge in [-0.05, 0) is 55.8 Å². The molecule has 0 fully saturated rings. The maximum absolute atomic E-state index is 12.4. The molecule has 2 aromatic carbocycles. The zero-order chi connectivity index (χ0) is 17.1. The lowest BCUT2D eigenvalue weighted by molar-refractivity contribution is 0.0940. The molecule has 1 N–H and O–H groups in total. The number of aryl methyl sites for hydroxylation is 1. The average Bonchev–Trinajstić information content (AvgIpc) is 3.01. The molecule has 0 saturated carbocycles. The standard InChI is InChI=1S/C18H17ClN4O/c1-12-11-20-22-23(12)17-9-5-15(6-10-17)18(24)21-13(2)14-3-7-16(19)8-4-14/h3-11,13H,1-2H3,(H,21,24). The first-order chi connectivity index (χ1) is 11.5. The van der Waals surface area contributed by atoms with Gasteiger partial charge in [-0.25, -0.2) is 4.68 Å². The number of benzene rings is 2. The van der Waals surface area contributed by atoms with Crippen LogP contribution >= 0.6 is 11.6 Å². The third-order valence-electron chi connectivity index (χ3n) is 3.81. The van der Waals surface area contributed by atoms with Gasteiger partial charge in [-0.15, -0.1) is 5.10 Å². The smallest absolute Gasteiger partial charge is 0.251 e. The van der Waals surface area contributed by atoms with E-state index < -0.39 is 0 Å². The molecule has 0 saturated heterocycles. The highest BCUT2D eigenvalue weighted by molar-refractivity contribution is 6.30. The van der Waals surface area contributed by atoms with Crippen molar-refractivity contribution < 1.29 is 4.79 Å². The highest BCUT2D eigenvalue weighted by Crippen LogP contribution is 2.17. The van der Waals surface area contributed by atoms with Crippen LogP contribution < -0.4 is 5.32 Å². The summed E-state index contributed by atoms with van der Waals surface area (Å²) in [7, 11) is 0. The molecule has 1 amide bonds. The van der Waals surface area contributed by atoms with E-state index in [-0.39, 0.29) is 11.9 Å². The van der Waals surface area contributed by atoms with Crippen LogP contribution in [-0.4, -0.2) is 20.9 Å². The molecule has 1 heterocycles. The van der Waals surface area contributed by atoms with E-state index in [4.69, 9.17) is 11.6 Å². The van der Waals surface area contributed by atoms with Gasteiger partial charge in [0, 0.05) is 10.6 Å². The number of carbonyl (C=O) groups is 1. The molecule has 122 valence electrons. The highest BCUT2D eigenvalue weighted by Gasteiger charge is 2.12. The van der Waals surface area contributed by atoms with Gasteiger partial charge < -0.3 is 5.32 Å². The van der Waals surface area contributed by atoms with Crippen LogP contribution in [-0.2, 0) is 0 Å². The van der Waals surface area contributed by atoms with Crippen LogP contribution in [0.1, 0.15) is 34.6 Å². The van der Waals surface area contributed by atoms with Gasteiger partial charge in [-0.1, -0.05) is 28.9 Å². The van der Waals surface area contributed by atoms with E-state index in [1.165, 1.54) is 0 Å². The molecular formula is C18H17ClN4O. The molecule has 0 radical (unpaired) electrons. The quantitative estimate of drug-likeness (QED) is 0.787. The van der Waals surface area contributed by atoms with Crippen molar-refractivity contribution in [2.24, 2.45) is 0 Å². The predicted octanol–water partition coefficient (Wildman–Crippen LogP) is 3.72. The van der Waals surface area contributed by atoms with Crippen LogP contribution in [0.2, 0.25) is 5.02 Å².